The number of nitrogen functional groups attached to an aromatic ring is 2. The van der Waals surface area contributed by atoms with Gasteiger partial charge in [-0.2, -0.15) is 19.3 Å². The van der Waals surface area contributed by atoms with E-state index in [-0.39, 0.29) is 40.0 Å². The minimum Gasteiger partial charge on any atom is -0.434 e. The second kappa shape index (κ2) is 7.20. The molecule has 1 aliphatic heterocycles. The van der Waals surface area contributed by atoms with Crippen LogP contribution in [0.4, 0.5) is 30.5 Å². The fraction of sp³-hybridized carbons (Fsp3) is 0.125. The molecular formula is C16H11F3N8O. The van der Waals surface area contributed by atoms with Gasteiger partial charge in [-0.15, -0.1) is 0 Å². The van der Waals surface area contributed by atoms with Crippen molar-refractivity contribution in [2.75, 3.05) is 16.8 Å². The van der Waals surface area contributed by atoms with Crippen molar-refractivity contribution in [3.8, 4) is 18.0 Å². The number of alkyl halides is 2. The highest BCUT2D eigenvalue weighted by Gasteiger charge is 2.32. The molecule has 1 unspecified atom stereocenters. The van der Waals surface area contributed by atoms with Gasteiger partial charge in [0.05, 0.1) is 5.69 Å². The van der Waals surface area contributed by atoms with Gasteiger partial charge in [0.15, 0.2) is 6.19 Å². The standard InChI is InChI=1S/C16H11F3N8O/c17-6-1-2-7(9(3-6)28-15(18)19)12-10-11(22)8(4-20)13(23)26-14(10)27-16(25-12)24-5-21/h1-3,12,15H,(H6,22,23,24,25,26,27). The van der Waals surface area contributed by atoms with Gasteiger partial charge in [-0.1, -0.05) is 0 Å². The molecule has 1 aliphatic rings. The van der Waals surface area contributed by atoms with Gasteiger partial charge in [-0.3, -0.25) is 5.32 Å². The van der Waals surface area contributed by atoms with Crippen LogP contribution in [-0.2, 0) is 0 Å². The molecule has 0 amide bonds. The summed E-state index contributed by atoms with van der Waals surface area (Å²) in [6, 6.07) is 3.64. The molecule has 3 rings (SSSR count). The minimum absolute atomic E-state index is 0.0175. The first-order valence-corrected chi connectivity index (χ1v) is 7.58. The number of pyridine rings is 1. The van der Waals surface area contributed by atoms with Gasteiger partial charge in [0.2, 0.25) is 5.96 Å². The first-order chi connectivity index (χ1) is 13.3. The van der Waals surface area contributed by atoms with Crippen LogP contribution in [0.5, 0.6) is 5.75 Å². The number of ether oxygens (including phenoxy) is 1. The van der Waals surface area contributed by atoms with E-state index in [0.29, 0.717) is 0 Å². The molecule has 9 nitrogen and oxygen atoms in total. The van der Waals surface area contributed by atoms with Crippen molar-refractivity contribution in [3.05, 3.63) is 40.7 Å². The third kappa shape index (κ3) is 3.26. The Kier molecular flexibility index (Phi) is 4.78. The van der Waals surface area contributed by atoms with Crippen LogP contribution < -0.4 is 26.8 Å². The van der Waals surface area contributed by atoms with Crippen LogP contribution in [0.3, 0.4) is 0 Å². The fourth-order valence-electron chi connectivity index (χ4n) is 2.74. The third-order valence-corrected chi connectivity index (χ3v) is 3.84. The highest BCUT2D eigenvalue weighted by Crippen LogP contribution is 2.43. The van der Waals surface area contributed by atoms with Crippen molar-refractivity contribution in [1.29, 1.82) is 10.5 Å². The molecule has 0 spiro atoms. The predicted molar refractivity (Wildman–Crippen MR) is 92.5 cm³/mol. The number of anilines is 3. The normalized spacial score (nSPS) is 14.9. The Morgan fingerprint density at radius 1 is 1.29 bits per heavy atom. The number of benzene rings is 1. The van der Waals surface area contributed by atoms with E-state index in [4.69, 9.17) is 16.7 Å². The maximum Gasteiger partial charge on any atom is 0.387 e. The van der Waals surface area contributed by atoms with Crippen molar-refractivity contribution in [1.82, 2.24) is 10.3 Å². The summed E-state index contributed by atoms with van der Waals surface area (Å²) in [6.07, 6.45) is 1.65. The van der Waals surface area contributed by atoms with E-state index in [2.05, 4.69) is 25.3 Å². The number of hydrogen-bond donors (Lipinski definition) is 4. The molecule has 0 aliphatic carbocycles. The first kappa shape index (κ1) is 18.6. The Balaban J connectivity index is 2.27. The van der Waals surface area contributed by atoms with E-state index in [1.54, 1.807) is 6.19 Å². The molecule has 1 atom stereocenters. The second-order valence-corrected chi connectivity index (χ2v) is 5.46. The van der Waals surface area contributed by atoms with Crippen LogP contribution in [0.2, 0.25) is 0 Å². The molecule has 12 heteroatoms. The van der Waals surface area contributed by atoms with Crippen LogP contribution in [-0.4, -0.2) is 17.6 Å². The molecule has 0 fully saturated rings. The van der Waals surface area contributed by atoms with Crippen molar-refractivity contribution >= 4 is 23.3 Å². The third-order valence-electron chi connectivity index (χ3n) is 3.84. The molecule has 28 heavy (non-hydrogen) atoms. The zero-order chi connectivity index (χ0) is 20.4. The number of guanidine groups is 1. The lowest BCUT2D eigenvalue weighted by Gasteiger charge is -2.27. The molecule has 6 N–H and O–H groups in total. The monoisotopic (exact) mass is 388 g/mol. The number of nitrogens with two attached hydrogens (primary N) is 2. The molecule has 0 radical (unpaired) electrons. The maximum absolute atomic E-state index is 13.6. The smallest absolute Gasteiger partial charge is 0.387 e. The lowest BCUT2D eigenvalue weighted by Crippen LogP contribution is -2.33. The van der Waals surface area contributed by atoms with E-state index in [1.807, 2.05) is 6.07 Å². The average Bonchev–Trinajstić information content (AvgIpc) is 2.61. The molecule has 1 aromatic carbocycles. The Morgan fingerprint density at radius 2 is 2.04 bits per heavy atom. The Morgan fingerprint density at radius 3 is 2.68 bits per heavy atom. The number of rotatable bonds is 3. The number of nitriles is 2. The van der Waals surface area contributed by atoms with Crippen LogP contribution in [0.1, 0.15) is 22.7 Å². The highest BCUT2D eigenvalue weighted by atomic mass is 19.3. The minimum atomic E-state index is -3.22. The Labute approximate surface area is 156 Å². The molecule has 2 heterocycles. The predicted octanol–water partition coefficient (Wildman–Crippen LogP) is 1.80. The van der Waals surface area contributed by atoms with Crippen molar-refractivity contribution in [2.24, 2.45) is 4.99 Å². The summed E-state index contributed by atoms with van der Waals surface area (Å²) in [4.78, 5) is 8.23. The van der Waals surface area contributed by atoms with Crippen molar-refractivity contribution in [2.45, 2.75) is 12.7 Å². The number of halogens is 3. The van der Waals surface area contributed by atoms with Gasteiger partial charge in [-0.05, 0) is 12.1 Å². The number of nitrogens with one attached hydrogen (secondary N) is 2. The molecule has 0 saturated carbocycles. The number of aliphatic imine (C=N–C) groups is 1. The van der Waals surface area contributed by atoms with Crippen molar-refractivity contribution in [3.63, 3.8) is 0 Å². The number of aromatic nitrogens is 1. The lowest BCUT2D eigenvalue weighted by molar-refractivity contribution is -0.0506. The molecule has 1 aromatic heterocycles. The molecule has 0 saturated heterocycles. The van der Waals surface area contributed by atoms with Crippen LogP contribution in [0, 0.1) is 28.6 Å². The van der Waals surface area contributed by atoms with Gasteiger partial charge in [0.1, 0.15) is 40.9 Å². The summed E-state index contributed by atoms with van der Waals surface area (Å²) in [7, 11) is 0. The highest BCUT2D eigenvalue weighted by molar-refractivity contribution is 5.98. The summed E-state index contributed by atoms with van der Waals surface area (Å²) in [5.41, 5.74) is 11.7. The van der Waals surface area contributed by atoms with E-state index >= 15 is 0 Å². The van der Waals surface area contributed by atoms with E-state index in [1.165, 1.54) is 6.07 Å². The zero-order valence-electron chi connectivity index (χ0n) is 13.9. The van der Waals surface area contributed by atoms with Gasteiger partial charge in [0, 0.05) is 17.2 Å². The molecule has 142 valence electrons. The Hall–Kier alpha value is -4.19. The Bertz CT molecular complexity index is 1060. The first-order valence-electron chi connectivity index (χ1n) is 7.58. The summed E-state index contributed by atoms with van der Waals surface area (Å²) >= 11 is 0. The van der Waals surface area contributed by atoms with Crippen molar-refractivity contribution < 1.29 is 17.9 Å². The topological polar surface area (TPSA) is 158 Å². The van der Waals surface area contributed by atoms with E-state index in [0.717, 1.165) is 12.1 Å². The van der Waals surface area contributed by atoms with Gasteiger partial charge in [-0.25, -0.2) is 14.4 Å². The van der Waals surface area contributed by atoms with Gasteiger partial charge < -0.3 is 21.5 Å². The van der Waals surface area contributed by atoms with Crippen LogP contribution in [0.15, 0.2) is 23.2 Å². The summed E-state index contributed by atoms with van der Waals surface area (Å²) in [6.45, 7) is -3.22. The number of fused-ring (bicyclic) bond motifs is 1. The summed E-state index contributed by atoms with van der Waals surface area (Å²) < 4.78 is 43.6. The average molecular weight is 388 g/mol. The van der Waals surface area contributed by atoms with Gasteiger partial charge >= 0.3 is 6.61 Å². The SMILES string of the molecule is N#CNC1=NC(c2ccc(F)cc2OC(F)F)c2c(nc(N)c(C#N)c2N)N1. The fourth-order valence-corrected chi connectivity index (χ4v) is 2.74. The van der Waals surface area contributed by atoms with E-state index < -0.39 is 24.2 Å². The maximum atomic E-state index is 13.6. The zero-order valence-corrected chi connectivity index (χ0v) is 13.9. The number of hydrogen-bond acceptors (Lipinski definition) is 9. The quantitative estimate of drug-likeness (QED) is 0.458. The molecule has 2 aromatic rings. The van der Waals surface area contributed by atoms with Gasteiger partial charge in [0.25, 0.3) is 0 Å². The largest absolute Gasteiger partial charge is 0.434 e. The van der Waals surface area contributed by atoms with Crippen LogP contribution >= 0.6 is 0 Å². The summed E-state index contributed by atoms with van der Waals surface area (Å²) in [5.74, 6) is -1.49. The second-order valence-electron chi connectivity index (χ2n) is 5.46. The molecular weight excluding hydrogens is 377 g/mol. The molecule has 0 bridgehead atoms. The summed E-state index contributed by atoms with van der Waals surface area (Å²) in [5, 5.41) is 23.1. The lowest BCUT2D eigenvalue weighted by atomic mass is 9.94. The van der Waals surface area contributed by atoms with Crippen LogP contribution in [0.25, 0.3) is 0 Å². The van der Waals surface area contributed by atoms with E-state index in [9.17, 15) is 18.4 Å². The number of nitrogens with zero attached hydrogens (tertiary/aromatic N) is 4.